The van der Waals surface area contributed by atoms with Gasteiger partial charge in [-0.05, 0) is 69.1 Å². The fourth-order valence-corrected chi connectivity index (χ4v) is 4.34. The van der Waals surface area contributed by atoms with E-state index in [9.17, 15) is 4.39 Å². The largest absolute Gasteiger partial charge is 0.303 e. The van der Waals surface area contributed by atoms with E-state index < -0.39 is 0 Å². The smallest absolute Gasteiger partial charge is 0.124 e. The minimum absolute atomic E-state index is 0.151. The summed E-state index contributed by atoms with van der Waals surface area (Å²) in [6.07, 6.45) is 3.91. The van der Waals surface area contributed by atoms with Gasteiger partial charge in [0.05, 0.1) is 0 Å². The van der Waals surface area contributed by atoms with Crippen molar-refractivity contribution < 1.29 is 4.39 Å². The number of rotatable bonds is 2. The molecule has 2 aliphatic rings. The Morgan fingerprint density at radius 2 is 2.10 bits per heavy atom. The Hall–Kier alpha value is -0.450. The van der Waals surface area contributed by atoms with Crippen molar-refractivity contribution in [2.45, 2.75) is 31.8 Å². The molecule has 0 aromatic heterocycles. The van der Waals surface area contributed by atoms with E-state index in [0.717, 1.165) is 41.6 Å². The van der Waals surface area contributed by atoms with Crippen LogP contribution in [0.1, 0.15) is 24.8 Å². The number of piperidine rings is 2. The number of fused-ring (bicyclic) bond motifs is 1. The summed E-state index contributed by atoms with van der Waals surface area (Å²) in [4.78, 5) is 5.02. The van der Waals surface area contributed by atoms with E-state index in [2.05, 4.69) is 32.8 Å². The molecular formula is C16H22BrFN2. The second kappa shape index (κ2) is 6.12. The van der Waals surface area contributed by atoms with Crippen molar-refractivity contribution in [1.82, 2.24) is 9.80 Å². The predicted octanol–water partition coefficient (Wildman–Crippen LogP) is 3.50. The van der Waals surface area contributed by atoms with Crippen LogP contribution in [0.3, 0.4) is 0 Å². The third-order valence-corrected chi connectivity index (χ3v) is 5.22. The molecule has 0 saturated carbocycles. The third-order valence-electron chi connectivity index (χ3n) is 4.76. The van der Waals surface area contributed by atoms with Gasteiger partial charge in [-0.25, -0.2) is 4.39 Å². The van der Waals surface area contributed by atoms with Crippen molar-refractivity contribution in [2.24, 2.45) is 5.92 Å². The van der Waals surface area contributed by atoms with Crippen LogP contribution in [0.15, 0.2) is 22.7 Å². The van der Waals surface area contributed by atoms with Gasteiger partial charge in [-0.2, -0.15) is 0 Å². The molecule has 2 aliphatic heterocycles. The first-order chi connectivity index (χ1) is 9.61. The van der Waals surface area contributed by atoms with Gasteiger partial charge in [-0.1, -0.05) is 15.9 Å². The molecule has 2 fully saturated rings. The average Bonchev–Trinajstić information content (AvgIpc) is 2.37. The summed E-state index contributed by atoms with van der Waals surface area (Å²) in [5.41, 5.74) is 1.07. The maximum atomic E-state index is 13.4. The van der Waals surface area contributed by atoms with Crippen molar-refractivity contribution >= 4 is 15.9 Å². The number of halogens is 2. The molecule has 0 bridgehead atoms. The highest BCUT2D eigenvalue weighted by Crippen LogP contribution is 2.30. The lowest BCUT2D eigenvalue weighted by atomic mass is 9.84. The van der Waals surface area contributed by atoms with E-state index in [1.165, 1.54) is 31.9 Å². The highest BCUT2D eigenvalue weighted by atomic mass is 79.9. The number of benzene rings is 1. The molecule has 0 amide bonds. The van der Waals surface area contributed by atoms with Crippen LogP contribution in [0.5, 0.6) is 0 Å². The fraction of sp³-hybridized carbons (Fsp3) is 0.625. The summed E-state index contributed by atoms with van der Waals surface area (Å²) < 4.78 is 14.3. The van der Waals surface area contributed by atoms with Crippen LogP contribution in [0.2, 0.25) is 0 Å². The molecule has 2 unspecified atom stereocenters. The topological polar surface area (TPSA) is 6.48 Å². The Bertz CT molecular complexity index is 459. The maximum Gasteiger partial charge on any atom is 0.124 e. The first-order valence-electron chi connectivity index (χ1n) is 7.49. The van der Waals surface area contributed by atoms with Crippen LogP contribution in [0.25, 0.3) is 0 Å². The lowest BCUT2D eigenvalue weighted by Crippen LogP contribution is -2.52. The van der Waals surface area contributed by atoms with Gasteiger partial charge in [0.25, 0.3) is 0 Å². The zero-order valence-corrected chi connectivity index (χ0v) is 13.6. The lowest BCUT2D eigenvalue weighted by molar-refractivity contribution is 0.0354. The van der Waals surface area contributed by atoms with Gasteiger partial charge in [-0.15, -0.1) is 0 Å². The number of hydrogen-bond donors (Lipinski definition) is 0. The summed E-state index contributed by atoms with van der Waals surface area (Å²) in [5, 5.41) is 0. The molecule has 20 heavy (non-hydrogen) atoms. The van der Waals surface area contributed by atoms with Crippen LogP contribution in [0.4, 0.5) is 4.39 Å². The van der Waals surface area contributed by atoms with Crippen LogP contribution in [-0.2, 0) is 6.54 Å². The fourth-order valence-electron chi connectivity index (χ4n) is 3.83. The van der Waals surface area contributed by atoms with Crippen molar-refractivity contribution in [3.05, 3.63) is 34.1 Å². The van der Waals surface area contributed by atoms with Gasteiger partial charge >= 0.3 is 0 Å². The number of hydrogen-bond acceptors (Lipinski definition) is 2. The normalized spacial score (nSPS) is 28.4. The van der Waals surface area contributed by atoms with E-state index >= 15 is 0 Å². The minimum Gasteiger partial charge on any atom is -0.303 e. The van der Waals surface area contributed by atoms with Crippen molar-refractivity contribution in [3.8, 4) is 0 Å². The van der Waals surface area contributed by atoms with Crippen LogP contribution in [-0.4, -0.2) is 42.5 Å². The second-order valence-electron chi connectivity index (χ2n) is 6.25. The Morgan fingerprint density at radius 1 is 1.25 bits per heavy atom. The minimum atomic E-state index is -0.151. The van der Waals surface area contributed by atoms with Gasteiger partial charge in [0.15, 0.2) is 0 Å². The Balaban J connectivity index is 1.64. The standard InChI is InChI=1S/C16H22BrFN2/c1-19-5-2-3-13-11-20(6-4-16(13)19)10-12-7-14(17)9-15(18)8-12/h7-9,13,16H,2-6,10-11H2,1H3. The van der Waals surface area contributed by atoms with Gasteiger partial charge in [0.1, 0.15) is 5.82 Å². The van der Waals surface area contributed by atoms with Crippen molar-refractivity contribution in [2.75, 3.05) is 26.7 Å². The molecule has 0 spiro atoms. The molecule has 0 radical (unpaired) electrons. The summed E-state index contributed by atoms with van der Waals surface area (Å²) in [6, 6.07) is 5.97. The van der Waals surface area contributed by atoms with Gasteiger partial charge in [0, 0.05) is 23.6 Å². The van der Waals surface area contributed by atoms with Gasteiger partial charge < -0.3 is 4.90 Å². The first-order valence-corrected chi connectivity index (χ1v) is 8.28. The van der Waals surface area contributed by atoms with Gasteiger partial charge in [0.2, 0.25) is 0 Å². The third kappa shape index (κ3) is 3.23. The van der Waals surface area contributed by atoms with E-state index in [1.54, 1.807) is 6.07 Å². The quantitative estimate of drug-likeness (QED) is 0.812. The average molecular weight is 341 g/mol. The lowest BCUT2D eigenvalue weighted by Gasteiger charge is -2.46. The van der Waals surface area contributed by atoms with E-state index in [-0.39, 0.29) is 5.82 Å². The first kappa shape index (κ1) is 14.5. The zero-order chi connectivity index (χ0) is 14.1. The Kier molecular flexibility index (Phi) is 4.43. The van der Waals surface area contributed by atoms with Crippen LogP contribution < -0.4 is 0 Å². The molecule has 2 atom stereocenters. The SMILES string of the molecule is CN1CCCC2CN(Cc3cc(F)cc(Br)c3)CCC21. The molecule has 0 N–H and O–H groups in total. The van der Waals surface area contributed by atoms with Crippen LogP contribution >= 0.6 is 15.9 Å². The maximum absolute atomic E-state index is 13.4. The molecule has 3 rings (SSSR count). The van der Waals surface area contributed by atoms with Crippen molar-refractivity contribution in [1.29, 1.82) is 0 Å². The predicted molar refractivity (Wildman–Crippen MR) is 83.1 cm³/mol. The molecule has 4 heteroatoms. The molecule has 1 aromatic rings. The van der Waals surface area contributed by atoms with Crippen LogP contribution in [0, 0.1) is 11.7 Å². The van der Waals surface area contributed by atoms with Crippen molar-refractivity contribution in [3.63, 3.8) is 0 Å². The summed E-state index contributed by atoms with van der Waals surface area (Å²) in [6.45, 7) is 4.39. The van der Waals surface area contributed by atoms with E-state index in [1.807, 2.05) is 6.07 Å². The van der Waals surface area contributed by atoms with E-state index in [4.69, 9.17) is 0 Å². The second-order valence-corrected chi connectivity index (χ2v) is 7.17. The molecule has 110 valence electrons. The van der Waals surface area contributed by atoms with E-state index in [0.29, 0.717) is 0 Å². The van der Waals surface area contributed by atoms with Gasteiger partial charge in [-0.3, -0.25) is 4.90 Å². The zero-order valence-electron chi connectivity index (χ0n) is 12.0. The summed E-state index contributed by atoms with van der Waals surface area (Å²) >= 11 is 3.38. The Morgan fingerprint density at radius 3 is 2.90 bits per heavy atom. The monoisotopic (exact) mass is 340 g/mol. The highest BCUT2D eigenvalue weighted by molar-refractivity contribution is 9.10. The molecular weight excluding hydrogens is 319 g/mol. The summed E-state index contributed by atoms with van der Waals surface area (Å²) in [5.74, 6) is 0.640. The molecule has 0 aliphatic carbocycles. The molecule has 2 heterocycles. The summed E-state index contributed by atoms with van der Waals surface area (Å²) in [7, 11) is 2.26. The number of likely N-dealkylation sites (tertiary alicyclic amines) is 2. The number of nitrogens with zero attached hydrogens (tertiary/aromatic N) is 2. The molecule has 2 saturated heterocycles. The highest BCUT2D eigenvalue weighted by Gasteiger charge is 2.33. The molecule has 2 nitrogen and oxygen atoms in total. The Labute approximate surface area is 129 Å². The molecule has 1 aromatic carbocycles.